The van der Waals surface area contributed by atoms with Crippen LogP contribution >= 0.6 is 0 Å². The molecule has 0 spiro atoms. The highest BCUT2D eigenvalue weighted by atomic mass is 16.7. The van der Waals surface area contributed by atoms with Crippen molar-refractivity contribution in [2.45, 2.75) is 51.4 Å². The van der Waals surface area contributed by atoms with Crippen molar-refractivity contribution in [3.05, 3.63) is 12.7 Å². The van der Waals surface area contributed by atoms with Crippen molar-refractivity contribution in [1.29, 1.82) is 0 Å². The van der Waals surface area contributed by atoms with Gasteiger partial charge in [0.25, 0.3) is 0 Å². The van der Waals surface area contributed by atoms with Crippen LogP contribution in [0.1, 0.15) is 39.0 Å². The van der Waals surface area contributed by atoms with Crippen molar-refractivity contribution in [3.8, 4) is 0 Å². The van der Waals surface area contributed by atoms with Crippen molar-refractivity contribution in [3.63, 3.8) is 0 Å². The van der Waals surface area contributed by atoms with Gasteiger partial charge in [0.15, 0.2) is 5.79 Å². The third-order valence-corrected chi connectivity index (χ3v) is 6.85. The summed E-state index contributed by atoms with van der Waals surface area (Å²) in [6, 6.07) is 0. The predicted molar refractivity (Wildman–Crippen MR) is 75.3 cm³/mol. The van der Waals surface area contributed by atoms with E-state index in [1.54, 1.807) is 6.33 Å². The van der Waals surface area contributed by atoms with E-state index >= 15 is 0 Å². The van der Waals surface area contributed by atoms with Gasteiger partial charge in [-0.3, -0.25) is 4.68 Å². The van der Waals surface area contributed by atoms with E-state index in [-0.39, 0.29) is 11.2 Å². The number of ether oxygens (including phenoxy) is 2. The molecule has 1 aromatic heterocycles. The normalized spacial score (nSPS) is 46.5. The number of aromatic nitrogens is 3. The molecule has 4 bridgehead atoms. The van der Waals surface area contributed by atoms with Gasteiger partial charge < -0.3 is 9.47 Å². The van der Waals surface area contributed by atoms with Gasteiger partial charge in [0.05, 0.1) is 13.2 Å². The number of nitrogens with zero attached hydrogens (tertiary/aromatic N) is 3. The quantitative estimate of drug-likeness (QED) is 0.856. The zero-order valence-electron chi connectivity index (χ0n) is 12.6. The van der Waals surface area contributed by atoms with Crippen LogP contribution in [0.25, 0.3) is 0 Å². The summed E-state index contributed by atoms with van der Waals surface area (Å²) >= 11 is 0. The van der Waals surface area contributed by atoms with Crippen LogP contribution in [0.3, 0.4) is 0 Å². The Morgan fingerprint density at radius 1 is 1.24 bits per heavy atom. The molecule has 5 heteroatoms. The summed E-state index contributed by atoms with van der Waals surface area (Å²) in [6.45, 7) is 4.72. The summed E-state index contributed by atoms with van der Waals surface area (Å²) in [5.41, 5.74) is 0.630. The zero-order chi connectivity index (χ0) is 14.1. The van der Waals surface area contributed by atoms with Gasteiger partial charge in [0, 0.05) is 12.0 Å². The predicted octanol–water partition coefficient (Wildman–Crippen LogP) is 2.24. The standard InChI is InChI=1S/C16H23N3O2/c1-14(20-2-3-21-14)16-6-12-4-13(16)7-15(5-12,8-16)9-19-11-17-10-18-19/h10-13H,2-9H2,1H3. The first-order valence-corrected chi connectivity index (χ1v) is 8.24. The van der Waals surface area contributed by atoms with Crippen molar-refractivity contribution >= 4 is 0 Å². The Kier molecular flexibility index (Phi) is 2.32. The maximum absolute atomic E-state index is 6.12. The molecule has 5 aliphatic rings. The molecular formula is C16H23N3O2. The van der Waals surface area contributed by atoms with E-state index in [0.29, 0.717) is 5.41 Å². The van der Waals surface area contributed by atoms with Gasteiger partial charge in [-0.1, -0.05) is 0 Å². The largest absolute Gasteiger partial charge is 0.347 e. The van der Waals surface area contributed by atoms with E-state index in [1.165, 1.54) is 32.1 Å². The van der Waals surface area contributed by atoms with Crippen LogP contribution in [0.2, 0.25) is 0 Å². The molecule has 5 fully saturated rings. The van der Waals surface area contributed by atoms with Crippen molar-refractivity contribution < 1.29 is 9.47 Å². The molecule has 21 heavy (non-hydrogen) atoms. The van der Waals surface area contributed by atoms with E-state index < -0.39 is 0 Å². The van der Waals surface area contributed by atoms with Crippen LogP contribution in [0.15, 0.2) is 12.7 Å². The van der Waals surface area contributed by atoms with E-state index in [0.717, 1.165) is 31.6 Å². The first-order valence-electron chi connectivity index (χ1n) is 8.24. The van der Waals surface area contributed by atoms with Crippen LogP contribution in [-0.2, 0) is 16.0 Å². The molecule has 0 N–H and O–H groups in total. The smallest absolute Gasteiger partial charge is 0.171 e. The van der Waals surface area contributed by atoms with Crippen LogP contribution in [0.4, 0.5) is 0 Å². The number of hydrogen-bond acceptors (Lipinski definition) is 4. The minimum atomic E-state index is -0.350. The fourth-order valence-electron chi connectivity index (χ4n) is 6.44. The molecule has 1 saturated heterocycles. The van der Waals surface area contributed by atoms with Gasteiger partial charge in [0.1, 0.15) is 12.7 Å². The van der Waals surface area contributed by atoms with E-state index in [9.17, 15) is 0 Å². The Bertz CT molecular complexity index is 554. The lowest BCUT2D eigenvalue weighted by molar-refractivity contribution is -0.237. The average Bonchev–Trinajstić information content (AvgIpc) is 3.16. The molecular weight excluding hydrogens is 266 g/mol. The summed E-state index contributed by atoms with van der Waals surface area (Å²) < 4.78 is 14.3. The average molecular weight is 289 g/mol. The maximum Gasteiger partial charge on any atom is 0.171 e. The molecule has 0 aromatic carbocycles. The van der Waals surface area contributed by atoms with Gasteiger partial charge in [-0.25, -0.2) is 4.98 Å². The molecule has 4 aliphatic carbocycles. The fourth-order valence-corrected chi connectivity index (χ4v) is 6.44. The van der Waals surface area contributed by atoms with E-state index in [2.05, 4.69) is 17.0 Å². The molecule has 4 atom stereocenters. The number of rotatable bonds is 3. The SMILES string of the molecule is CC1(C23CC4CC2CC(Cn2cncn2)(C4)C3)OCCO1. The van der Waals surface area contributed by atoms with Gasteiger partial charge in [-0.05, 0) is 56.3 Å². The topological polar surface area (TPSA) is 49.2 Å². The molecule has 1 aliphatic heterocycles. The highest BCUT2D eigenvalue weighted by Crippen LogP contribution is 2.74. The Morgan fingerprint density at radius 3 is 2.86 bits per heavy atom. The second-order valence-corrected chi connectivity index (χ2v) is 7.98. The number of hydrogen-bond donors (Lipinski definition) is 0. The molecule has 114 valence electrons. The molecule has 4 unspecified atom stereocenters. The monoisotopic (exact) mass is 289 g/mol. The van der Waals surface area contributed by atoms with Crippen LogP contribution in [0, 0.1) is 22.7 Å². The minimum absolute atomic E-state index is 0.243. The second kappa shape index (κ2) is 3.87. The first-order chi connectivity index (χ1) is 10.1. The summed E-state index contributed by atoms with van der Waals surface area (Å²) in [7, 11) is 0. The molecule has 5 nitrogen and oxygen atoms in total. The van der Waals surface area contributed by atoms with Crippen LogP contribution in [-0.4, -0.2) is 33.8 Å². The molecule has 2 heterocycles. The van der Waals surface area contributed by atoms with E-state index in [1.807, 2.05) is 11.0 Å². The molecule has 6 rings (SSSR count). The molecule has 0 radical (unpaired) electrons. The van der Waals surface area contributed by atoms with Crippen molar-refractivity contribution in [2.24, 2.45) is 22.7 Å². The van der Waals surface area contributed by atoms with Crippen LogP contribution < -0.4 is 0 Å². The van der Waals surface area contributed by atoms with Gasteiger partial charge in [0.2, 0.25) is 0 Å². The third kappa shape index (κ3) is 1.54. The Balaban J connectivity index is 1.50. The second-order valence-electron chi connectivity index (χ2n) is 7.98. The molecule has 0 amide bonds. The lowest BCUT2D eigenvalue weighted by atomic mass is 9.64. The van der Waals surface area contributed by atoms with Gasteiger partial charge in [-0.2, -0.15) is 5.10 Å². The Labute approximate surface area is 125 Å². The lowest BCUT2D eigenvalue weighted by Gasteiger charge is -2.47. The maximum atomic E-state index is 6.12. The highest BCUT2D eigenvalue weighted by molar-refractivity contribution is 5.17. The summed E-state index contributed by atoms with van der Waals surface area (Å²) in [5.74, 6) is 1.27. The first kappa shape index (κ1) is 12.6. The van der Waals surface area contributed by atoms with Crippen LogP contribution in [0.5, 0.6) is 0 Å². The minimum Gasteiger partial charge on any atom is -0.347 e. The highest BCUT2D eigenvalue weighted by Gasteiger charge is 2.71. The van der Waals surface area contributed by atoms with Gasteiger partial charge >= 0.3 is 0 Å². The summed E-state index contributed by atoms with van der Waals surface area (Å²) in [5, 5.41) is 4.34. The summed E-state index contributed by atoms with van der Waals surface area (Å²) in [4.78, 5) is 4.11. The zero-order valence-corrected chi connectivity index (χ0v) is 12.6. The van der Waals surface area contributed by atoms with Crippen molar-refractivity contribution in [1.82, 2.24) is 14.8 Å². The van der Waals surface area contributed by atoms with Crippen molar-refractivity contribution in [2.75, 3.05) is 13.2 Å². The Hall–Kier alpha value is -0.940. The molecule has 4 saturated carbocycles. The Morgan fingerprint density at radius 2 is 2.10 bits per heavy atom. The summed E-state index contributed by atoms with van der Waals surface area (Å²) in [6.07, 6.45) is 10.1. The lowest BCUT2D eigenvalue weighted by Crippen LogP contribution is -2.49. The molecule has 1 aromatic rings. The van der Waals surface area contributed by atoms with Gasteiger partial charge in [-0.15, -0.1) is 0 Å². The fraction of sp³-hybridized carbons (Fsp3) is 0.875. The van der Waals surface area contributed by atoms with E-state index in [4.69, 9.17) is 9.47 Å². The third-order valence-electron chi connectivity index (χ3n) is 6.85.